The summed E-state index contributed by atoms with van der Waals surface area (Å²) >= 11 is 1.29. The Kier molecular flexibility index (Phi) is 5.89. The van der Waals surface area contributed by atoms with Crippen LogP contribution >= 0.6 is 11.3 Å². The van der Waals surface area contributed by atoms with Crippen molar-refractivity contribution in [2.75, 3.05) is 13.2 Å². The summed E-state index contributed by atoms with van der Waals surface area (Å²) in [6.45, 7) is 3.14. The SMILES string of the molecule is CC(=O)NCCc1ccc(C(=O)COC(=O)c2oc3ccc(F)cc3c2C)s1. The molecule has 0 bridgehead atoms. The fourth-order valence-corrected chi connectivity index (χ4v) is 3.61. The molecule has 6 nitrogen and oxygen atoms in total. The molecule has 146 valence electrons. The van der Waals surface area contributed by atoms with Gasteiger partial charge in [-0.15, -0.1) is 11.3 Å². The highest BCUT2D eigenvalue weighted by Gasteiger charge is 2.21. The first kappa shape index (κ1) is 19.8. The number of ketones is 1. The second-order valence-corrected chi connectivity index (χ2v) is 7.36. The summed E-state index contributed by atoms with van der Waals surface area (Å²) in [5.74, 6) is -1.69. The van der Waals surface area contributed by atoms with Gasteiger partial charge in [0.15, 0.2) is 6.61 Å². The minimum absolute atomic E-state index is 0.0458. The zero-order valence-corrected chi connectivity index (χ0v) is 16.2. The Bertz CT molecular complexity index is 1050. The number of nitrogens with one attached hydrogen (secondary N) is 1. The van der Waals surface area contributed by atoms with Gasteiger partial charge in [0.25, 0.3) is 0 Å². The molecule has 0 saturated heterocycles. The Morgan fingerprint density at radius 3 is 2.75 bits per heavy atom. The van der Waals surface area contributed by atoms with Crippen LogP contribution in [0.5, 0.6) is 0 Å². The smallest absolute Gasteiger partial charge is 0.375 e. The number of fused-ring (bicyclic) bond motifs is 1. The molecule has 3 rings (SSSR count). The van der Waals surface area contributed by atoms with Crippen molar-refractivity contribution in [3.8, 4) is 0 Å². The lowest BCUT2D eigenvalue weighted by Crippen LogP contribution is -2.22. The van der Waals surface area contributed by atoms with Crippen molar-refractivity contribution in [1.29, 1.82) is 0 Å². The number of carbonyl (C=O) groups excluding carboxylic acids is 3. The Balaban J connectivity index is 1.60. The van der Waals surface area contributed by atoms with E-state index in [0.717, 1.165) is 4.88 Å². The van der Waals surface area contributed by atoms with Gasteiger partial charge in [-0.1, -0.05) is 0 Å². The lowest BCUT2D eigenvalue weighted by atomic mass is 10.1. The van der Waals surface area contributed by atoms with E-state index in [2.05, 4.69) is 5.32 Å². The summed E-state index contributed by atoms with van der Waals surface area (Å²) in [4.78, 5) is 36.8. The minimum Gasteiger partial charge on any atom is -0.451 e. The van der Waals surface area contributed by atoms with Crippen molar-refractivity contribution < 1.29 is 27.9 Å². The number of ether oxygens (including phenoxy) is 1. The van der Waals surface area contributed by atoms with Gasteiger partial charge in [0.2, 0.25) is 17.5 Å². The molecule has 28 heavy (non-hydrogen) atoms. The number of thiophene rings is 1. The molecule has 1 N–H and O–H groups in total. The first-order valence-corrected chi connectivity index (χ1v) is 9.39. The summed E-state index contributed by atoms with van der Waals surface area (Å²) in [5, 5.41) is 3.18. The molecule has 0 aliphatic rings. The number of Topliss-reactive ketones (excluding diaryl/α,β-unsaturated/α-hetero) is 1. The van der Waals surface area contributed by atoms with Crippen LogP contribution in [0.15, 0.2) is 34.7 Å². The largest absolute Gasteiger partial charge is 0.451 e. The molecule has 0 saturated carbocycles. The van der Waals surface area contributed by atoms with Gasteiger partial charge >= 0.3 is 5.97 Å². The number of hydrogen-bond acceptors (Lipinski definition) is 6. The third-order valence-corrected chi connectivity index (χ3v) is 5.29. The summed E-state index contributed by atoms with van der Waals surface area (Å²) in [5.41, 5.74) is 0.836. The standard InChI is InChI=1S/C20H18FNO5S/c1-11-15-9-13(21)3-5-17(15)27-19(11)20(25)26-10-16(24)18-6-4-14(28-18)7-8-22-12(2)23/h3-6,9H,7-8,10H2,1-2H3,(H,22,23). The average Bonchev–Trinajstić information content (AvgIpc) is 3.24. The summed E-state index contributed by atoms with van der Waals surface area (Å²) in [7, 11) is 0. The molecule has 1 aromatic carbocycles. The van der Waals surface area contributed by atoms with Gasteiger partial charge in [0.05, 0.1) is 4.88 Å². The van der Waals surface area contributed by atoms with E-state index in [1.807, 2.05) is 0 Å². The number of rotatable bonds is 7. The lowest BCUT2D eigenvalue weighted by molar-refractivity contribution is -0.118. The summed E-state index contributed by atoms with van der Waals surface area (Å²) < 4.78 is 23.9. The van der Waals surface area contributed by atoms with Gasteiger partial charge in [-0.25, -0.2) is 9.18 Å². The molecular weight excluding hydrogens is 385 g/mol. The van der Waals surface area contributed by atoms with Gasteiger partial charge in [0, 0.05) is 29.3 Å². The number of hydrogen-bond donors (Lipinski definition) is 1. The van der Waals surface area contributed by atoms with Crippen molar-refractivity contribution >= 4 is 40.0 Å². The Morgan fingerprint density at radius 2 is 2.00 bits per heavy atom. The molecule has 0 spiro atoms. The Labute approximate surface area is 164 Å². The normalized spacial score (nSPS) is 10.8. The maximum Gasteiger partial charge on any atom is 0.375 e. The van der Waals surface area contributed by atoms with Crippen LogP contribution < -0.4 is 5.32 Å². The van der Waals surface area contributed by atoms with E-state index < -0.39 is 18.4 Å². The van der Waals surface area contributed by atoms with E-state index in [4.69, 9.17) is 9.15 Å². The van der Waals surface area contributed by atoms with E-state index in [1.165, 1.54) is 36.5 Å². The average molecular weight is 403 g/mol. The predicted octanol–water partition coefficient (Wildman–Crippen LogP) is 3.66. The molecule has 0 atom stereocenters. The quantitative estimate of drug-likeness (QED) is 0.481. The van der Waals surface area contributed by atoms with Crippen LogP contribution in [0.4, 0.5) is 4.39 Å². The molecule has 1 amide bonds. The van der Waals surface area contributed by atoms with Gasteiger partial charge in [0.1, 0.15) is 11.4 Å². The molecule has 0 fully saturated rings. The van der Waals surface area contributed by atoms with E-state index in [9.17, 15) is 18.8 Å². The molecule has 2 aromatic heterocycles. The van der Waals surface area contributed by atoms with E-state index in [-0.39, 0.29) is 17.5 Å². The Hall–Kier alpha value is -3.00. The molecule has 3 aromatic rings. The molecule has 0 radical (unpaired) electrons. The van der Waals surface area contributed by atoms with Gasteiger partial charge < -0.3 is 14.5 Å². The van der Waals surface area contributed by atoms with E-state index in [1.54, 1.807) is 19.1 Å². The second kappa shape index (κ2) is 8.35. The number of benzene rings is 1. The van der Waals surface area contributed by atoms with Crippen LogP contribution in [-0.2, 0) is 16.0 Å². The van der Waals surface area contributed by atoms with E-state index in [0.29, 0.717) is 34.4 Å². The van der Waals surface area contributed by atoms with Crippen LogP contribution in [0.1, 0.15) is 37.6 Å². The molecule has 0 aliphatic carbocycles. The monoisotopic (exact) mass is 403 g/mol. The molecule has 8 heteroatoms. The number of halogens is 1. The third kappa shape index (κ3) is 4.45. The molecule has 0 aliphatic heterocycles. The number of esters is 1. The number of carbonyl (C=O) groups is 3. The van der Waals surface area contributed by atoms with Crippen LogP contribution in [0.2, 0.25) is 0 Å². The van der Waals surface area contributed by atoms with Crippen LogP contribution in [0, 0.1) is 12.7 Å². The van der Waals surface area contributed by atoms with Crippen molar-refractivity contribution in [3.05, 3.63) is 57.2 Å². The zero-order chi connectivity index (χ0) is 20.3. The molecular formula is C20H18FNO5S. The maximum absolute atomic E-state index is 13.4. The van der Waals surface area contributed by atoms with Crippen molar-refractivity contribution in [1.82, 2.24) is 5.32 Å². The van der Waals surface area contributed by atoms with E-state index >= 15 is 0 Å². The highest BCUT2D eigenvalue weighted by atomic mass is 32.1. The number of amides is 1. The van der Waals surface area contributed by atoms with Crippen LogP contribution in [0.3, 0.4) is 0 Å². The van der Waals surface area contributed by atoms with Crippen LogP contribution in [-0.4, -0.2) is 30.8 Å². The minimum atomic E-state index is -0.773. The zero-order valence-electron chi connectivity index (χ0n) is 15.3. The van der Waals surface area contributed by atoms with Gasteiger partial charge in [-0.05, 0) is 43.7 Å². The fraction of sp³-hybridized carbons (Fsp3) is 0.250. The van der Waals surface area contributed by atoms with Crippen molar-refractivity contribution in [3.63, 3.8) is 0 Å². The first-order chi connectivity index (χ1) is 13.3. The van der Waals surface area contributed by atoms with Gasteiger partial charge in [-0.3, -0.25) is 9.59 Å². The molecule has 0 unspecified atom stereocenters. The number of furan rings is 1. The first-order valence-electron chi connectivity index (χ1n) is 8.57. The highest BCUT2D eigenvalue weighted by Crippen LogP contribution is 2.26. The van der Waals surface area contributed by atoms with Crippen molar-refractivity contribution in [2.45, 2.75) is 20.3 Å². The third-order valence-electron chi connectivity index (χ3n) is 4.10. The highest BCUT2D eigenvalue weighted by molar-refractivity contribution is 7.14. The lowest BCUT2D eigenvalue weighted by Gasteiger charge is -2.02. The second-order valence-electron chi connectivity index (χ2n) is 6.19. The summed E-state index contributed by atoms with van der Waals surface area (Å²) in [6.07, 6.45) is 0.617. The topological polar surface area (TPSA) is 85.6 Å². The van der Waals surface area contributed by atoms with Gasteiger partial charge in [-0.2, -0.15) is 0 Å². The number of aryl methyl sites for hydroxylation is 1. The summed E-state index contributed by atoms with van der Waals surface area (Å²) in [6, 6.07) is 7.43. The molecule has 2 heterocycles. The van der Waals surface area contributed by atoms with Crippen LogP contribution in [0.25, 0.3) is 11.0 Å². The van der Waals surface area contributed by atoms with Crippen molar-refractivity contribution in [2.24, 2.45) is 0 Å². The Morgan fingerprint density at radius 1 is 1.21 bits per heavy atom. The predicted molar refractivity (Wildman–Crippen MR) is 102 cm³/mol. The fourth-order valence-electron chi connectivity index (χ4n) is 2.68. The maximum atomic E-state index is 13.4.